The fourth-order valence-electron chi connectivity index (χ4n) is 1.11. The molecule has 0 bridgehead atoms. The molecule has 1 aliphatic carbocycles. The molecule has 0 aliphatic heterocycles. The molecule has 0 aromatic carbocycles. The maximum absolute atomic E-state index is 9.36. The summed E-state index contributed by atoms with van der Waals surface area (Å²) < 4.78 is 0. The van der Waals surface area contributed by atoms with Crippen LogP contribution in [0, 0.1) is 6.92 Å². The van der Waals surface area contributed by atoms with Gasteiger partial charge in [0.25, 0.3) is 0 Å². The molecule has 70 valence electrons. The van der Waals surface area contributed by atoms with Gasteiger partial charge in [-0.1, -0.05) is 12.2 Å². The standard InChI is InChI=1S/C11H9NOS/c1-8-10(13)12-11(14-8)9-6-4-2-3-5-7-9/h2,4-7,13H,1H3. The molecule has 0 atom stereocenters. The molecule has 1 aliphatic rings. The second-order valence-electron chi connectivity index (χ2n) is 2.88. The van der Waals surface area contributed by atoms with Crippen LogP contribution in [0.3, 0.4) is 0 Å². The highest BCUT2D eigenvalue weighted by atomic mass is 32.1. The van der Waals surface area contributed by atoms with Gasteiger partial charge in [0.2, 0.25) is 5.88 Å². The first-order chi connectivity index (χ1) is 6.77. The highest BCUT2D eigenvalue weighted by Gasteiger charge is 2.08. The van der Waals surface area contributed by atoms with Gasteiger partial charge in [0.15, 0.2) is 0 Å². The van der Waals surface area contributed by atoms with E-state index in [-0.39, 0.29) is 5.88 Å². The Labute approximate surface area is 86.2 Å². The first-order valence-corrected chi connectivity index (χ1v) is 5.05. The van der Waals surface area contributed by atoms with Gasteiger partial charge >= 0.3 is 0 Å². The summed E-state index contributed by atoms with van der Waals surface area (Å²) in [6.07, 6.45) is 9.46. The molecule has 0 fully saturated rings. The van der Waals surface area contributed by atoms with Crippen LogP contribution in [-0.2, 0) is 0 Å². The molecule has 1 aromatic heterocycles. The summed E-state index contributed by atoms with van der Waals surface area (Å²) in [4.78, 5) is 4.91. The molecule has 0 saturated carbocycles. The summed E-state index contributed by atoms with van der Waals surface area (Å²) in [6.45, 7) is 1.85. The van der Waals surface area contributed by atoms with E-state index in [4.69, 9.17) is 0 Å². The highest BCUT2D eigenvalue weighted by Crippen LogP contribution is 2.28. The minimum atomic E-state index is 0.125. The van der Waals surface area contributed by atoms with Crippen molar-refractivity contribution in [1.82, 2.24) is 4.98 Å². The first-order valence-electron chi connectivity index (χ1n) is 4.23. The van der Waals surface area contributed by atoms with Crippen molar-refractivity contribution in [2.45, 2.75) is 6.92 Å². The minimum absolute atomic E-state index is 0.125. The van der Waals surface area contributed by atoms with Crippen molar-refractivity contribution in [1.29, 1.82) is 0 Å². The lowest BCUT2D eigenvalue weighted by Crippen LogP contribution is -1.76. The molecule has 0 radical (unpaired) electrons. The molecule has 2 rings (SSSR count). The van der Waals surface area contributed by atoms with Crippen molar-refractivity contribution >= 4 is 16.9 Å². The average Bonchev–Trinajstić information content (AvgIpc) is 2.46. The monoisotopic (exact) mass is 203 g/mol. The Morgan fingerprint density at radius 1 is 1.43 bits per heavy atom. The third-order valence-corrected chi connectivity index (χ3v) is 2.86. The number of aryl methyl sites for hydroxylation is 1. The SMILES string of the molecule is Cc1sc(C2=CC=C=CC=C2)nc1O. The Balaban J connectivity index is 2.41. The lowest BCUT2D eigenvalue weighted by Gasteiger charge is -1.92. The second-order valence-corrected chi connectivity index (χ2v) is 4.08. The number of thiazole rings is 1. The Morgan fingerprint density at radius 2 is 2.29 bits per heavy atom. The summed E-state index contributed by atoms with van der Waals surface area (Å²) in [6, 6.07) is 0. The van der Waals surface area contributed by atoms with E-state index in [0.717, 1.165) is 15.5 Å². The van der Waals surface area contributed by atoms with Crippen LogP contribution in [0.25, 0.3) is 5.57 Å². The van der Waals surface area contributed by atoms with Gasteiger partial charge in [0.05, 0.1) is 4.88 Å². The van der Waals surface area contributed by atoms with E-state index in [2.05, 4.69) is 10.7 Å². The zero-order valence-corrected chi connectivity index (χ0v) is 8.51. The largest absolute Gasteiger partial charge is 0.492 e. The second kappa shape index (κ2) is 3.66. The van der Waals surface area contributed by atoms with Gasteiger partial charge in [0.1, 0.15) is 5.01 Å². The van der Waals surface area contributed by atoms with Crippen molar-refractivity contribution in [2.24, 2.45) is 0 Å². The van der Waals surface area contributed by atoms with Crippen LogP contribution in [-0.4, -0.2) is 10.1 Å². The van der Waals surface area contributed by atoms with E-state index in [1.54, 1.807) is 0 Å². The molecule has 1 N–H and O–H groups in total. The molecule has 0 amide bonds. The predicted octanol–water partition coefficient (Wildman–Crippen LogP) is 2.82. The van der Waals surface area contributed by atoms with E-state index >= 15 is 0 Å². The van der Waals surface area contributed by atoms with Gasteiger partial charge in [0, 0.05) is 5.57 Å². The summed E-state index contributed by atoms with van der Waals surface area (Å²) in [5.41, 5.74) is 3.97. The van der Waals surface area contributed by atoms with Crippen LogP contribution in [0.1, 0.15) is 9.88 Å². The first kappa shape index (κ1) is 9.00. The Hall–Kier alpha value is -1.57. The van der Waals surface area contributed by atoms with Crippen LogP contribution < -0.4 is 0 Å². The molecule has 0 unspecified atom stereocenters. The van der Waals surface area contributed by atoms with Gasteiger partial charge in [-0.25, -0.2) is 4.98 Å². The maximum atomic E-state index is 9.36. The van der Waals surface area contributed by atoms with Crippen LogP contribution in [0.4, 0.5) is 0 Å². The molecule has 14 heavy (non-hydrogen) atoms. The van der Waals surface area contributed by atoms with Crippen molar-refractivity contribution in [3.63, 3.8) is 0 Å². The number of allylic oxidation sites excluding steroid dienone is 5. The average molecular weight is 203 g/mol. The Kier molecular flexibility index (Phi) is 2.35. The van der Waals surface area contributed by atoms with E-state index in [0.29, 0.717) is 0 Å². The van der Waals surface area contributed by atoms with Crippen LogP contribution in [0.2, 0.25) is 0 Å². The molecule has 3 heteroatoms. The number of rotatable bonds is 1. The quantitative estimate of drug-likeness (QED) is 0.712. The third-order valence-electron chi connectivity index (χ3n) is 1.85. The topological polar surface area (TPSA) is 33.1 Å². The van der Waals surface area contributed by atoms with Gasteiger partial charge in [-0.15, -0.1) is 17.1 Å². The van der Waals surface area contributed by atoms with E-state index in [9.17, 15) is 5.11 Å². The van der Waals surface area contributed by atoms with Crippen LogP contribution in [0.5, 0.6) is 5.88 Å². The van der Waals surface area contributed by atoms with Gasteiger partial charge in [-0.05, 0) is 25.2 Å². The molecule has 0 saturated heterocycles. The summed E-state index contributed by atoms with van der Waals surface area (Å²) >= 11 is 1.49. The lowest BCUT2D eigenvalue weighted by molar-refractivity contribution is 0.453. The molecule has 2 nitrogen and oxygen atoms in total. The van der Waals surface area contributed by atoms with Crippen LogP contribution in [0.15, 0.2) is 36.1 Å². The predicted molar refractivity (Wildman–Crippen MR) is 58.3 cm³/mol. The normalized spacial score (nSPS) is 14.2. The summed E-state index contributed by atoms with van der Waals surface area (Å²) in [7, 11) is 0. The zero-order chi connectivity index (χ0) is 9.97. The van der Waals surface area contributed by atoms with Crippen molar-refractivity contribution in [2.75, 3.05) is 0 Å². The lowest BCUT2D eigenvalue weighted by atomic mass is 10.2. The molecular formula is C11H9NOS. The van der Waals surface area contributed by atoms with Crippen molar-refractivity contribution in [3.8, 4) is 5.88 Å². The minimum Gasteiger partial charge on any atom is -0.492 e. The summed E-state index contributed by atoms with van der Waals surface area (Å²) in [5.74, 6) is 0.125. The smallest absolute Gasteiger partial charge is 0.225 e. The fraction of sp³-hybridized carbons (Fsp3) is 0.0909. The number of hydrogen-bond acceptors (Lipinski definition) is 3. The van der Waals surface area contributed by atoms with E-state index < -0.39 is 0 Å². The zero-order valence-electron chi connectivity index (χ0n) is 7.69. The number of aromatic nitrogens is 1. The molecule has 1 heterocycles. The number of nitrogens with zero attached hydrogens (tertiary/aromatic N) is 1. The highest BCUT2D eigenvalue weighted by molar-refractivity contribution is 7.13. The van der Waals surface area contributed by atoms with Crippen molar-refractivity contribution < 1.29 is 5.11 Å². The fourth-order valence-corrected chi connectivity index (χ4v) is 1.92. The number of aromatic hydroxyl groups is 1. The molecular weight excluding hydrogens is 194 g/mol. The van der Waals surface area contributed by atoms with Crippen molar-refractivity contribution in [3.05, 3.63) is 46.0 Å². The molecule has 1 aromatic rings. The van der Waals surface area contributed by atoms with Gasteiger partial charge in [-0.3, -0.25) is 0 Å². The van der Waals surface area contributed by atoms with E-state index in [1.165, 1.54) is 11.3 Å². The van der Waals surface area contributed by atoms with E-state index in [1.807, 2.05) is 37.3 Å². The third kappa shape index (κ3) is 1.69. The van der Waals surface area contributed by atoms with Gasteiger partial charge in [-0.2, -0.15) is 0 Å². The van der Waals surface area contributed by atoms with Gasteiger partial charge < -0.3 is 5.11 Å². The van der Waals surface area contributed by atoms with Crippen LogP contribution >= 0.6 is 11.3 Å². The maximum Gasteiger partial charge on any atom is 0.225 e. The molecule has 0 spiro atoms. The Morgan fingerprint density at radius 3 is 3.00 bits per heavy atom. The Bertz CT molecular complexity index is 454. The number of hydrogen-bond donors (Lipinski definition) is 1. The summed E-state index contributed by atoms with van der Waals surface area (Å²) in [5, 5.41) is 10.2.